The van der Waals surface area contributed by atoms with Crippen molar-refractivity contribution in [3.8, 4) is 0 Å². The predicted octanol–water partition coefficient (Wildman–Crippen LogP) is 2.12. The first-order valence-corrected chi connectivity index (χ1v) is 5.60. The average molecular weight is 283 g/mol. The van der Waals surface area contributed by atoms with Crippen LogP contribution in [0.4, 0.5) is 5.82 Å². The first-order chi connectivity index (χ1) is 8.38. The molecule has 1 aromatic rings. The quantitative estimate of drug-likeness (QED) is 0.815. The second-order valence-electron chi connectivity index (χ2n) is 4.96. The van der Waals surface area contributed by atoms with Crippen molar-refractivity contribution in [2.75, 3.05) is 5.32 Å². The van der Waals surface area contributed by atoms with Crippen LogP contribution in [-0.4, -0.2) is 22.0 Å². The number of carbonyl (C=O) groups is 2. The van der Waals surface area contributed by atoms with Crippen molar-refractivity contribution in [2.45, 2.75) is 20.3 Å². The zero-order valence-corrected chi connectivity index (χ0v) is 11.5. The van der Waals surface area contributed by atoms with E-state index in [0.29, 0.717) is 17.8 Å². The molecule has 2 N–H and O–H groups in total. The van der Waals surface area contributed by atoms with Gasteiger partial charge in [0.15, 0.2) is 0 Å². The molecule has 1 aromatic heterocycles. The molecule has 1 aliphatic heterocycles. The molecular formula is C13H15ClN2O3. The van der Waals surface area contributed by atoms with Crippen molar-refractivity contribution >= 4 is 36.2 Å². The van der Waals surface area contributed by atoms with Gasteiger partial charge in [0.05, 0.1) is 0 Å². The minimum absolute atomic E-state index is 0. The molecular weight excluding hydrogens is 268 g/mol. The second-order valence-corrected chi connectivity index (χ2v) is 4.96. The molecule has 0 aromatic carbocycles. The number of carboxylic acid groups (broad SMARTS) is 1. The van der Waals surface area contributed by atoms with Crippen LogP contribution in [0.5, 0.6) is 0 Å². The number of hydrogen-bond donors (Lipinski definition) is 2. The van der Waals surface area contributed by atoms with Gasteiger partial charge in [-0.2, -0.15) is 0 Å². The molecule has 0 aliphatic carbocycles. The van der Waals surface area contributed by atoms with Crippen molar-refractivity contribution in [3.63, 3.8) is 0 Å². The van der Waals surface area contributed by atoms with Gasteiger partial charge in [0.2, 0.25) is 5.91 Å². The van der Waals surface area contributed by atoms with E-state index in [1.165, 1.54) is 12.3 Å². The number of aromatic nitrogens is 1. The lowest BCUT2D eigenvalue weighted by Gasteiger charge is -2.29. The fraction of sp³-hybridized carbons (Fsp3) is 0.308. The molecule has 102 valence electrons. The van der Waals surface area contributed by atoms with Gasteiger partial charge in [0, 0.05) is 17.7 Å². The minimum atomic E-state index is -0.999. The zero-order valence-electron chi connectivity index (χ0n) is 10.6. The van der Waals surface area contributed by atoms with Crippen molar-refractivity contribution in [3.05, 3.63) is 29.5 Å². The molecule has 0 atom stereocenters. The Morgan fingerprint density at radius 3 is 2.84 bits per heavy atom. The molecule has 1 aliphatic rings. The Balaban J connectivity index is 0.00000180. The highest BCUT2D eigenvalue weighted by Crippen LogP contribution is 2.32. The Labute approximate surface area is 117 Å². The Bertz CT molecular complexity index is 553. The van der Waals surface area contributed by atoms with Gasteiger partial charge in [-0.05, 0) is 29.7 Å². The fourth-order valence-corrected chi connectivity index (χ4v) is 1.87. The summed E-state index contributed by atoms with van der Waals surface area (Å²) < 4.78 is 0. The number of anilines is 1. The lowest BCUT2D eigenvalue weighted by molar-refractivity contribution is -0.131. The lowest BCUT2D eigenvalue weighted by Crippen LogP contribution is -2.37. The Morgan fingerprint density at radius 1 is 1.53 bits per heavy atom. The van der Waals surface area contributed by atoms with E-state index in [1.807, 2.05) is 19.9 Å². The van der Waals surface area contributed by atoms with Crippen molar-refractivity contribution < 1.29 is 14.7 Å². The summed E-state index contributed by atoms with van der Waals surface area (Å²) in [4.78, 5) is 26.3. The number of pyridine rings is 1. The van der Waals surface area contributed by atoms with Gasteiger partial charge < -0.3 is 10.4 Å². The zero-order chi connectivity index (χ0) is 13.3. The van der Waals surface area contributed by atoms with Crippen LogP contribution in [0, 0.1) is 5.41 Å². The van der Waals surface area contributed by atoms with E-state index in [9.17, 15) is 9.59 Å². The number of nitrogens with zero attached hydrogens (tertiary/aromatic N) is 1. The van der Waals surface area contributed by atoms with Crippen molar-refractivity contribution in [1.29, 1.82) is 0 Å². The van der Waals surface area contributed by atoms with Gasteiger partial charge in [-0.25, -0.2) is 9.78 Å². The smallest absolute Gasteiger partial charge is 0.328 e. The first kappa shape index (κ1) is 15.2. The third-order valence-corrected chi connectivity index (χ3v) is 2.89. The van der Waals surface area contributed by atoms with Crippen LogP contribution in [0.15, 0.2) is 18.3 Å². The summed E-state index contributed by atoms with van der Waals surface area (Å²) in [6.45, 7) is 3.73. The van der Waals surface area contributed by atoms with E-state index in [2.05, 4.69) is 10.3 Å². The maximum absolute atomic E-state index is 11.7. The monoisotopic (exact) mass is 282 g/mol. The Morgan fingerprint density at radius 2 is 2.21 bits per heavy atom. The van der Waals surface area contributed by atoms with E-state index in [0.717, 1.165) is 11.6 Å². The van der Waals surface area contributed by atoms with Crippen LogP contribution in [0.3, 0.4) is 0 Å². The topological polar surface area (TPSA) is 79.3 Å². The Kier molecular flexibility index (Phi) is 4.32. The van der Waals surface area contributed by atoms with Gasteiger partial charge in [0.1, 0.15) is 5.82 Å². The second kappa shape index (κ2) is 5.40. The van der Waals surface area contributed by atoms with Gasteiger partial charge >= 0.3 is 5.97 Å². The molecule has 0 unspecified atom stereocenters. The molecule has 0 fully saturated rings. The lowest BCUT2D eigenvalue weighted by atomic mass is 9.82. The van der Waals surface area contributed by atoms with Crippen LogP contribution in [-0.2, 0) is 16.0 Å². The molecule has 0 saturated carbocycles. The Hall–Kier alpha value is -1.88. The molecule has 0 bridgehead atoms. The highest BCUT2D eigenvalue weighted by Gasteiger charge is 2.33. The number of halogens is 1. The van der Waals surface area contributed by atoms with Crippen LogP contribution < -0.4 is 5.32 Å². The maximum atomic E-state index is 11.7. The molecule has 1 amide bonds. The summed E-state index contributed by atoms with van der Waals surface area (Å²) in [7, 11) is 0. The maximum Gasteiger partial charge on any atom is 0.328 e. The minimum Gasteiger partial charge on any atom is -0.478 e. The molecule has 2 heterocycles. The third kappa shape index (κ3) is 3.32. The molecule has 6 heteroatoms. The fourth-order valence-electron chi connectivity index (χ4n) is 1.87. The number of carbonyl (C=O) groups excluding carboxylic acids is 1. The van der Waals surface area contributed by atoms with E-state index in [1.54, 1.807) is 0 Å². The van der Waals surface area contributed by atoms with Crippen molar-refractivity contribution in [2.24, 2.45) is 5.41 Å². The summed E-state index contributed by atoms with van der Waals surface area (Å²) in [5.41, 5.74) is 1.17. The van der Waals surface area contributed by atoms with Crippen LogP contribution >= 0.6 is 12.4 Å². The van der Waals surface area contributed by atoms with Crippen LogP contribution in [0.25, 0.3) is 6.08 Å². The largest absolute Gasteiger partial charge is 0.478 e. The number of fused-ring (bicyclic) bond motifs is 1. The predicted molar refractivity (Wildman–Crippen MR) is 74.3 cm³/mol. The highest BCUT2D eigenvalue weighted by atomic mass is 35.5. The summed E-state index contributed by atoms with van der Waals surface area (Å²) in [5, 5.41) is 11.3. The molecule has 5 nitrogen and oxygen atoms in total. The van der Waals surface area contributed by atoms with Gasteiger partial charge in [-0.15, -0.1) is 12.4 Å². The molecule has 19 heavy (non-hydrogen) atoms. The van der Waals surface area contributed by atoms with Gasteiger partial charge in [-0.1, -0.05) is 13.8 Å². The number of carboxylic acids is 1. The van der Waals surface area contributed by atoms with Crippen LogP contribution in [0.1, 0.15) is 25.0 Å². The average Bonchev–Trinajstić information content (AvgIpc) is 2.27. The van der Waals surface area contributed by atoms with E-state index in [4.69, 9.17) is 5.11 Å². The number of rotatable bonds is 2. The molecule has 0 saturated heterocycles. The highest BCUT2D eigenvalue weighted by molar-refractivity contribution is 5.97. The van der Waals surface area contributed by atoms with Gasteiger partial charge in [-0.3, -0.25) is 4.79 Å². The van der Waals surface area contributed by atoms with Crippen molar-refractivity contribution in [1.82, 2.24) is 4.98 Å². The first-order valence-electron chi connectivity index (χ1n) is 5.60. The SMILES string of the molecule is CC1(C)Cc2cc(/C=C/C(=O)O)cnc2NC1=O.Cl. The molecule has 0 radical (unpaired) electrons. The third-order valence-electron chi connectivity index (χ3n) is 2.89. The standard InChI is InChI=1S/C13H14N2O3.ClH/c1-13(2)6-9-5-8(3-4-10(16)17)7-14-11(9)15-12(13)18;/h3-5,7H,6H2,1-2H3,(H,16,17)(H,14,15,18);1H/b4-3+;. The van der Waals surface area contributed by atoms with E-state index >= 15 is 0 Å². The summed E-state index contributed by atoms with van der Waals surface area (Å²) in [6.07, 6.45) is 4.68. The number of aliphatic carboxylic acids is 1. The summed E-state index contributed by atoms with van der Waals surface area (Å²) >= 11 is 0. The van der Waals surface area contributed by atoms with Crippen LogP contribution in [0.2, 0.25) is 0 Å². The molecule has 0 spiro atoms. The molecule has 2 rings (SSSR count). The number of hydrogen-bond acceptors (Lipinski definition) is 3. The normalized spacial score (nSPS) is 16.4. The number of nitrogens with one attached hydrogen (secondary N) is 1. The van der Waals surface area contributed by atoms with Gasteiger partial charge in [0.25, 0.3) is 0 Å². The number of amides is 1. The summed E-state index contributed by atoms with van der Waals surface area (Å²) in [5.74, 6) is -0.482. The van der Waals surface area contributed by atoms with E-state index in [-0.39, 0.29) is 18.3 Å². The van der Waals surface area contributed by atoms with E-state index < -0.39 is 11.4 Å². The summed E-state index contributed by atoms with van der Waals surface area (Å²) in [6, 6.07) is 1.85.